The molecule has 0 aliphatic heterocycles. The van der Waals surface area contributed by atoms with E-state index in [2.05, 4.69) is 30.2 Å². The third-order valence-corrected chi connectivity index (χ3v) is 6.02. The third-order valence-electron chi connectivity index (χ3n) is 5.79. The molecule has 0 aromatic heterocycles. The predicted octanol–water partition coefficient (Wildman–Crippen LogP) is 6.18. The molecule has 0 bridgehead atoms. The first kappa shape index (κ1) is 18.7. The van der Waals surface area contributed by atoms with Crippen molar-refractivity contribution >= 4 is 11.6 Å². The Morgan fingerprint density at radius 2 is 1.96 bits per heavy atom. The van der Waals surface area contributed by atoms with Crippen molar-refractivity contribution in [2.24, 2.45) is 5.92 Å². The highest BCUT2D eigenvalue weighted by atomic mass is 35.5. The Balaban J connectivity index is 1.41. The van der Waals surface area contributed by atoms with Gasteiger partial charge in [0.2, 0.25) is 0 Å². The molecule has 0 spiro atoms. The second-order valence-corrected chi connectivity index (χ2v) is 7.95. The van der Waals surface area contributed by atoms with Gasteiger partial charge in [-0.3, -0.25) is 0 Å². The number of allylic oxidation sites excluding steroid dienone is 4. The number of rotatable bonds is 6. The van der Waals surface area contributed by atoms with Crippen LogP contribution in [0, 0.1) is 11.7 Å². The van der Waals surface area contributed by atoms with Crippen LogP contribution < -0.4 is 0 Å². The van der Waals surface area contributed by atoms with Crippen LogP contribution in [0.1, 0.15) is 50.5 Å². The number of hydrogen-bond donors (Lipinski definition) is 0. The van der Waals surface area contributed by atoms with Gasteiger partial charge in [-0.05, 0) is 94.1 Å². The summed E-state index contributed by atoms with van der Waals surface area (Å²) >= 11 is 5.81. The van der Waals surface area contributed by atoms with Gasteiger partial charge in [0.25, 0.3) is 0 Å². The van der Waals surface area contributed by atoms with Crippen molar-refractivity contribution < 1.29 is 4.39 Å². The summed E-state index contributed by atoms with van der Waals surface area (Å²) in [5.74, 6) is 0.592. The Kier molecular flexibility index (Phi) is 6.72. The standard InChI is InChI=1S/C22H29ClFN/c1-25(15-5-8-19-9-12-20(23)16-22(19)24)21-13-10-18(11-14-21)17-6-3-2-4-7-17/h3,6-7,9,12,16,18,21H,2,4-5,8,10-11,13-15H2,1H3. The van der Waals surface area contributed by atoms with Gasteiger partial charge in [0, 0.05) is 11.1 Å². The topological polar surface area (TPSA) is 3.24 Å². The molecular weight excluding hydrogens is 333 g/mol. The minimum absolute atomic E-state index is 0.176. The molecule has 0 amide bonds. The number of hydrogen-bond acceptors (Lipinski definition) is 1. The fourth-order valence-corrected chi connectivity index (χ4v) is 4.37. The van der Waals surface area contributed by atoms with Crippen molar-refractivity contribution in [3.8, 4) is 0 Å². The van der Waals surface area contributed by atoms with Crippen LogP contribution in [0.3, 0.4) is 0 Å². The van der Waals surface area contributed by atoms with Crippen LogP contribution in [0.2, 0.25) is 5.02 Å². The predicted molar refractivity (Wildman–Crippen MR) is 105 cm³/mol. The molecule has 1 saturated carbocycles. The molecule has 1 fully saturated rings. The normalized spacial score (nSPS) is 23.8. The molecule has 136 valence electrons. The third kappa shape index (κ3) is 5.18. The van der Waals surface area contributed by atoms with Crippen LogP contribution in [-0.2, 0) is 6.42 Å². The lowest BCUT2D eigenvalue weighted by molar-refractivity contribution is 0.173. The summed E-state index contributed by atoms with van der Waals surface area (Å²) in [4.78, 5) is 2.48. The summed E-state index contributed by atoms with van der Waals surface area (Å²) in [7, 11) is 2.23. The molecule has 0 saturated heterocycles. The second kappa shape index (κ2) is 9.00. The minimum Gasteiger partial charge on any atom is -0.303 e. The van der Waals surface area contributed by atoms with Crippen LogP contribution in [0.5, 0.6) is 0 Å². The number of nitrogens with zero attached hydrogens (tertiary/aromatic N) is 1. The van der Waals surface area contributed by atoms with Crippen molar-refractivity contribution in [1.82, 2.24) is 4.90 Å². The van der Waals surface area contributed by atoms with Gasteiger partial charge in [0.05, 0.1) is 0 Å². The van der Waals surface area contributed by atoms with E-state index < -0.39 is 0 Å². The van der Waals surface area contributed by atoms with E-state index in [1.165, 1.54) is 44.6 Å². The van der Waals surface area contributed by atoms with E-state index in [9.17, 15) is 4.39 Å². The van der Waals surface area contributed by atoms with Crippen LogP contribution in [-0.4, -0.2) is 24.5 Å². The summed E-state index contributed by atoms with van der Waals surface area (Å²) in [5.41, 5.74) is 2.35. The largest absolute Gasteiger partial charge is 0.303 e. The number of halogens is 2. The zero-order valence-electron chi connectivity index (χ0n) is 15.2. The molecular formula is C22H29ClFN. The van der Waals surface area contributed by atoms with Crippen LogP contribution in [0.15, 0.2) is 42.0 Å². The van der Waals surface area contributed by atoms with Gasteiger partial charge in [0.1, 0.15) is 5.82 Å². The van der Waals surface area contributed by atoms with E-state index in [4.69, 9.17) is 11.6 Å². The molecule has 3 heteroatoms. The van der Waals surface area contributed by atoms with Crippen LogP contribution in [0.4, 0.5) is 4.39 Å². The molecule has 2 aliphatic rings. The van der Waals surface area contributed by atoms with Crippen LogP contribution >= 0.6 is 11.6 Å². The average Bonchev–Trinajstić information content (AvgIpc) is 2.64. The van der Waals surface area contributed by atoms with Gasteiger partial charge < -0.3 is 4.90 Å². The fraction of sp³-hybridized carbons (Fsp3) is 0.545. The van der Waals surface area contributed by atoms with Crippen molar-refractivity contribution in [1.29, 1.82) is 0 Å². The van der Waals surface area contributed by atoms with Crippen molar-refractivity contribution in [2.45, 2.75) is 57.4 Å². The first-order valence-corrected chi connectivity index (χ1v) is 10.0. The van der Waals surface area contributed by atoms with Gasteiger partial charge in [-0.2, -0.15) is 0 Å². The maximum Gasteiger partial charge on any atom is 0.127 e. The minimum atomic E-state index is -0.176. The molecule has 0 radical (unpaired) electrons. The number of benzene rings is 1. The van der Waals surface area contributed by atoms with Gasteiger partial charge in [-0.1, -0.05) is 35.9 Å². The van der Waals surface area contributed by atoms with E-state index in [1.807, 2.05) is 6.07 Å². The molecule has 1 aromatic rings. The Morgan fingerprint density at radius 3 is 2.64 bits per heavy atom. The molecule has 25 heavy (non-hydrogen) atoms. The van der Waals surface area contributed by atoms with Crippen molar-refractivity contribution in [2.75, 3.05) is 13.6 Å². The first-order chi connectivity index (χ1) is 12.1. The SMILES string of the molecule is CN(CCCc1ccc(Cl)cc1F)C1CCC(C2=CCCC=C2)CC1. The monoisotopic (exact) mass is 361 g/mol. The van der Waals surface area contributed by atoms with Gasteiger partial charge in [0.15, 0.2) is 0 Å². The molecule has 3 rings (SSSR count). The Bertz CT molecular complexity index is 629. The lowest BCUT2D eigenvalue weighted by Crippen LogP contribution is -2.36. The van der Waals surface area contributed by atoms with Gasteiger partial charge >= 0.3 is 0 Å². The Morgan fingerprint density at radius 1 is 1.16 bits per heavy atom. The smallest absolute Gasteiger partial charge is 0.127 e. The Labute approximate surface area is 156 Å². The lowest BCUT2D eigenvalue weighted by Gasteiger charge is -2.35. The summed E-state index contributed by atoms with van der Waals surface area (Å²) in [6.45, 7) is 1.03. The molecule has 0 heterocycles. The summed E-state index contributed by atoms with van der Waals surface area (Å²) in [6, 6.07) is 5.68. The van der Waals surface area contributed by atoms with Crippen molar-refractivity contribution in [3.05, 3.63) is 58.4 Å². The van der Waals surface area contributed by atoms with E-state index in [0.717, 1.165) is 30.9 Å². The number of aryl methyl sites for hydroxylation is 1. The van der Waals surface area contributed by atoms with Crippen LogP contribution in [0.25, 0.3) is 0 Å². The van der Waals surface area contributed by atoms with E-state index in [0.29, 0.717) is 11.1 Å². The van der Waals surface area contributed by atoms with Crippen molar-refractivity contribution in [3.63, 3.8) is 0 Å². The first-order valence-electron chi connectivity index (χ1n) is 9.64. The average molecular weight is 362 g/mol. The quantitative estimate of drug-likeness (QED) is 0.584. The highest BCUT2D eigenvalue weighted by Gasteiger charge is 2.25. The fourth-order valence-electron chi connectivity index (χ4n) is 4.21. The maximum absolute atomic E-state index is 13.8. The zero-order valence-corrected chi connectivity index (χ0v) is 15.9. The van der Waals surface area contributed by atoms with E-state index in [-0.39, 0.29) is 5.82 Å². The molecule has 1 aromatic carbocycles. The summed E-state index contributed by atoms with van der Waals surface area (Å²) < 4.78 is 13.8. The molecule has 1 nitrogen and oxygen atoms in total. The maximum atomic E-state index is 13.8. The molecule has 0 atom stereocenters. The molecule has 0 unspecified atom stereocenters. The summed E-state index contributed by atoms with van der Waals surface area (Å²) in [6.07, 6.45) is 16.5. The van der Waals surface area contributed by atoms with E-state index >= 15 is 0 Å². The van der Waals surface area contributed by atoms with Gasteiger partial charge in [-0.15, -0.1) is 0 Å². The van der Waals surface area contributed by atoms with Gasteiger partial charge in [-0.25, -0.2) is 4.39 Å². The zero-order chi connectivity index (χ0) is 17.6. The summed E-state index contributed by atoms with van der Waals surface area (Å²) in [5, 5.41) is 0.470. The highest BCUT2D eigenvalue weighted by molar-refractivity contribution is 6.30. The Hall–Kier alpha value is -1.12. The highest BCUT2D eigenvalue weighted by Crippen LogP contribution is 2.34. The van der Waals surface area contributed by atoms with E-state index in [1.54, 1.807) is 11.6 Å². The second-order valence-electron chi connectivity index (χ2n) is 7.51. The molecule has 0 N–H and O–H groups in total. The lowest BCUT2D eigenvalue weighted by atomic mass is 9.79. The molecule has 2 aliphatic carbocycles.